The van der Waals surface area contributed by atoms with Crippen LogP contribution in [0.5, 0.6) is 0 Å². The Labute approximate surface area is 153 Å². The Balaban J connectivity index is 1.22. The van der Waals surface area contributed by atoms with Crippen molar-refractivity contribution in [1.82, 2.24) is 20.1 Å². The van der Waals surface area contributed by atoms with Gasteiger partial charge >= 0.3 is 6.03 Å². The van der Waals surface area contributed by atoms with Crippen molar-refractivity contribution < 1.29 is 9.59 Å². The summed E-state index contributed by atoms with van der Waals surface area (Å²) in [7, 11) is 0. The Morgan fingerprint density at radius 1 is 1.27 bits per heavy atom. The third kappa shape index (κ3) is 3.14. The molecule has 1 saturated carbocycles. The fraction of sp³-hybridized carbons (Fsp3) is 0.550. The number of fused-ring (bicyclic) bond motifs is 1. The number of hydrogen-bond acceptors (Lipinski definition) is 3. The molecule has 136 valence electrons. The van der Waals surface area contributed by atoms with E-state index in [4.69, 9.17) is 6.42 Å². The van der Waals surface area contributed by atoms with Crippen molar-refractivity contribution in [1.29, 1.82) is 0 Å². The Morgan fingerprint density at radius 2 is 2.04 bits per heavy atom. The average Bonchev–Trinajstić information content (AvgIpc) is 3.13. The molecule has 26 heavy (non-hydrogen) atoms. The summed E-state index contributed by atoms with van der Waals surface area (Å²) in [5.74, 6) is 3.02. The summed E-state index contributed by atoms with van der Waals surface area (Å²) in [6, 6.07) is 1.98. The molecule has 2 fully saturated rings. The van der Waals surface area contributed by atoms with Gasteiger partial charge < -0.3 is 15.1 Å². The maximum absolute atomic E-state index is 12.5. The largest absolute Gasteiger partial charge is 0.342 e. The molecule has 2 aliphatic heterocycles. The number of carbonyl (C=O) groups is 2. The number of piperidine rings is 1. The standard InChI is InChI=1S/C20H24N4O2/c1-2-3-18(25)23-8-5-20(6-9-23)10-17(20)12-22-19(26)24-13-15-4-7-21-11-16(15)14-24/h1,4,7,11,17H,3,5-6,8-10,12-14H2,(H,22,26). The molecule has 1 aliphatic carbocycles. The van der Waals surface area contributed by atoms with Crippen LogP contribution in [0.4, 0.5) is 4.79 Å². The summed E-state index contributed by atoms with van der Waals surface area (Å²) in [6.45, 7) is 3.60. The van der Waals surface area contributed by atoms with E-state index < -0.39 is 0 Å². The molecule has 1 N–H and O–H groups in total. The van der Waals surface area contributed by atoms with E-state index in [2.05, 4.69) is 16.2 Å². The number of amides is 3. The number of aromatic nitrogens is 1. The number of likely N-dealkylation sites (tertiary alicyclic amines) is 1. The number of pyridine rings is 1. The molecule has 1 atom stereocenters. The summed E-state index contributed by atoms with van der Waals surface area (Å²) in [6.07, 6.45) is 12.2. The summed E-state index contributed by atoms with van der Waals surface area (Å²) in [5.41, 5.74) is 2.63. The lowest BCUT2D eigenvalue weighted by atomic mass is 9.90. The van der Waals surface area contributed by atoms with Crippen molar-refractivity contribution in [2.45, 2.75) is 38.8 Å². The third-order valence-corrected chi connectivity index (χ3v) is 6.24. The fourth-order valence-corrected chi connectivity index (χ4v) is 4.42. The van der Waals surface area contributed by atoms with E-state index in [-0.39, 0.29) is 18.4 Å². The van der Waals surface area contributed by atoms with Crippen LogP contribution in [0.2, 0.25) is 0 Å². The Hall–Kier alpha value is -2.55. The molecular weight excluding hydrogens is 328 g/mol. The predicted molar refractivity (Wildman–Crippen MR) is 96.7 cm³/mol. The molecule has 4 rings (SSSR count). The van der Waals surface area contributed by atoms with Crippen LogP contribution in [-0.4, -0.2) is 46.4 Å². The minimum absolute atomic E-state index is 0.00452. The minimum Gasteiger partial charge on any atom is -0.342 e. The lowest BCUT2D eigenvalue weighted by molar-refractivity contribution is -0.131. The second kappa shape index (κ2) is 6.64. The zero-order valence-corrected chi connectivity index (χ0v) is 14.9. The third-order valence-electron chi connectivity index (χ3n) is 6.24. The molecule has 3 heterocycles. The molecule has 0 aromatic carbocycles. The summed E-state index contributed by atoms with van der Waals surface area (Å²) < 4.78 is 0. The summed E-state index contributed by atoms with van der Waals surface area (Å²) >= 11 is 0. The van der Waals surface area contributed by atoms with Crippen LogP contribution in [-0.2, 0) is 17.9 Å². The van der Waals surface area contributed by atoms with Crippen molar-refractivity contribution >= 4 is 11.9 Å². The SMILES string of the molecule is C#CCC(=O)N1CCC2(CC1)CC2CNC(=O)N1Cc2ccncc2C1. The van der Waals surface area contributed by atoms with Gasteiger partial charge in [0.15, 0.2) is 0 Å². The van der Waals surface area contributed by atoms with Gasteiger partial charge in [0.2, 0.25) is 5.91 Å². The number of hydrogen-bond donors (Lipinski definition) is 1. The average molecular weight is 352 g/mol. The van der Waals surface area contributed by atoms with Gasteiger partial charge in [-0.15, -0.1) is 6.42 Å². The number of rotatable bonds is 3. The molecular formula is C20H24N4O2. The summed E-state index contributed by atoms with van der Waals surface area (Å²) in [4.78, 5) is 32.2. The molecule has 1 spiro atoms. The number of terminal acetylenes is 1. The van der Waals surface area contributed by atoms with Crippen LogP contribution in [0.25, 0.3) is 0 Å². The van der Waals surface area contributed by atoms with E-state index in [0.29, 0.717) is 24.4 Å². The molecule has 6 nitrogen and oxygen atoms in total. The molecule has 1 aromatic heterocycles. The highest BCUT2D eigenvalue weighted by atomic mass is 16.2. The van der Waals surface area contributed by atoms with Crippen LogP contribution < -0.4 is 5.32 Å². The molecule has 0 radical (unpaired) electrons. The topological polar surface area (TPSA) is 65.5 Å². The van der Waals surface area contributed by atoms with Gasteiger partial charge in [0, 0.05) is 45.1 Å². The van der Waals surface area contributed by atoms with Gasteiger partial charge in [0.05, 0.1) is 6.42 Å². The normalized spacial score (nSPS) is 22.7. The number of nitrogens with zero attached hydrogens (tertiary/aromatic N) is 3. The Kier molecular flexibility index (Phi) is 4.31. The van der Waals surface area contributed by atoms with Crippen LogP contribution >= 0.6 is 0 Å². The first-order valence-corrected chi connectivity index (χ1v) is 9.27. The first kappa shape index (κ1) is 16.9. The molecule has 3 amide bonds. The highest BCUT2D eigenvalue weighted by molar-refractivity contribution is 5.78. The van der Waals surface area contributed by atoms with Crippen molar-refractivity contribution in [3.63, 3.8) is 0 Å². The van der Waals surface area contributed by atoms with E-state index in [1.807, 2.05) is 22.1 Å². The Bertz CT molecular complexity index is 736. The van der Waals surface area contributed by atoms with Gasteiger partial charge in [-0.3, -0.25) is 9.78 Å². The second-order valence-corrected chi connectivity index (χ2v) is 7.71. The Morgan fingerprint density at radius 3 is 2.77 bits per heavy atom. The molecule has 3 aliphatic rings. The monoisotopic (exact) mass is 352 g/mol. The van der Waals surface area contributed by atoms with Gasteiger partial charge in [-0.2, -0.15) is 0 Å². The van der Waals surface area contributed by atoms with Gasteiger partial charge in [-0.05, 0) is 47.8 Å². The molecule has 6 heteroatoms. The van der Waals surface area contributed by atoms with Crippen molar-refractivity contribution in [2.24, 2.45) is 11.3 Å². The smallest absolute Gasteiger partial charge is 0.318 e. The molecule has 1 saturated heterocycles. The zero-order valence-electron chi connectivity index (χ0n) is 14.9. The molecule has 1 aromatic rings. The molecule has 1 unspecified atom stereocenters. The van der Waals surface area contributed by atoms with Gasteiger partial charge in [-0.25, -0.2) is 4.79 Å². The van der Waals surface area contributed by atoms with E-state index >= 15 is 0 Å². The number of nitrogens with one attached hydrogen (secondary N) is 1. The maximum Gasteiger partial charge on any atom is 0.318 e. The van der Waals surface area contributed by atoms with Crippen LogP contribution in [0.1, 0.15) is 36.8 Å². The van der Waals surface area contributed by atoms with Crippen molar-refractivity contribution in [2.75, 3.05) is 19.6 Å². The summed E-state index contributed by atoms with van der Waals surface area (Å²) in [5, 5.41) is 3.11. The second-order valence-electron chi connectivity index (χ2n) is 7.71. The van der Waals surface area contributed by atoms with Crippen LogP contribution in [0, 0.1) is 23.7 Å². The van der Waals surface area contributed by atoms with Gasteiger partial charge in [-0.1, -0.05) is 5.92 Å². The highest BCUT2D eigenvalue weighted by Gasteiger charge is 2.54. The molecule has 0 bridgehead atoms. The van der Waals surface area contributed by atoms with Crippen LogP contribution in [0.15, 0.2) is 18.5 Å². The van der Waals surface area contributed by atoms with E-state index in [1.165, 1.54) is 5.56 Å². The van der Waals surface area contributed by atoms with E-state index in [9.17, 15) is 9.59 Å². The number of carbonyl (C=O) groups excluding carboxylic acids is 2. The lowest BCUT2D eigenvalue weighted by Crippen LogP contribution is -2.41. The van der Waals surface area contributed by atoms with Crippen molar-refractivity contribution in [3.8, 4) is 12.3 Å². The van der Waals surface area contributed by atoms with Crippen LogP contribution in [0.3, 0.4) is 0 Å². The maximum atomic E-state index is 12.5. The minimum atomic E-state index is 0.00452. The van der Waals surface area contributed by atoms with E-state index in [0.717, 1.165) is 44.5 Å². The van der Waals surface area contributed by atoms with E-state index in [1.54, 1.807) is 6.20 Å². The first-order valence-electron chi connectivity index (χ1n) is 9.27. The predicted octanol–water partition coefficient (Wildman–Crippen LogP) is 1.76. The highest BCUT2D eigenvalue weighted by Crippen LogP contribution is 2.59. The van der Waals surface area contributed by atoms with Crippen molar-refractivity contribution in [3.05, 3.63) is 29.6 Å². The lowest BCUT2D eigenvalue weighted by Gasteiger charge is -2.32. The number of urea groups is 1. The fourth-order valence-electron chi connectivity index (χ4n) is 4.42. The van der Waals surface area contributed by atoms with Gasteiger partial charge in [0.25, 0.3) is 0 Å². The zero-order chi connectivity index (χ0) is 18.1. The van der Waals surface area contributed by atoms with Gasteiger partial charge in [0.1, 0.15) is 0 Å². The quantitative estimate of drug-likeness (QED) is 0.843. The first-order chi connectivity index (χ1) is 12.6.